The highest BCUT2D eigenvalue weighted by Crippen LogP contribution is 2.13. The van der Waals surface area contributed by atoms with E-state index in [0.29, 0.717) is 24.5 Å². The number of nitrogen functional groups attached to an aromatic ring is 1. The monoisotopic (exact) mass is 279 g/mol. The number of hydrogen-bond acceptors (Lipinski definition) is 5. The second-order valence-corrected chi connectivity index (χ2v) is 4.38. The van der Waals surface area contributed by atoms with E-state index in [-0.39, 0.29) is 12.6 Å². The van der Waals surface area contributed by atoms with E-state index in [9.17, 15) is 9.59 Å². The van der Waals surface area contributed by atoms with Gasteiger partial charge in [-0.05, 0) is 24.3 Å². The van der Waals surface area contributed by atoms with Gasteiger partial charge in [0.05, 0.1) is 20.3 Å². The molecular formula is C13H17N3O4. The number of carbonyl (C=O) groups excluding carboxylic acids is 2. The molecule has 1 fully saturated rings. The smallest absolute Gasteiger partial charge is 0.336 e. The maximum atomic E-state index is 12.1. The van der Waals surface area contributed by atoms with E-state index in [2.05, 4.69) is 10.1 Å². The molecule has 0 aromatic heterocycles. The van der Waals surface area contributed by atoms with Crippen LogP contribution in [0.25, 0.3) is 0 Å². The molecule has 2 rings (SSSR count). The summed E-state index contributed by atoms with van der Waals surface area (Å²) in [5.74, 6) is -0.477. The summed E-state index contributed by atoms with van der Waals surface area (Å²) in [6.45, 7) is 0.900. The number of rotatable bonds is 2. The summed E-state index contributed by atoms with van der Waals surface area (Å²) in [6, 6.07) is 6.54. The van der Waals surface area contributed by atoms with Crippen molar-refractivity contribution in [2.75, 3.05) is 37.9 Å². The summed E-state index contributed by atoms with van der Waals surface area (Å²) in [5, 5.41) is 2.74. The van der Waals surface area contributed by atoms with Crippen molar-refractivity contribution in [1.82, 2.24) is 4.90 Å². The molecule has 1 aliphatic heterocycles. The van der Waals surface area contributed by atoms with E-state index in [1.54, 1.807) is 24.3 Å². The molecule has 0 saturated carbocycles. The highest BCUT2D eigenvalue weighted by atomic mass is 16.6. The van der Waals surface area contributed by atoms with Crippen molar-refractivity contribution in [3.05, 3.63) is 24.3 Å². The zero-order valence-electron chi connectivity index (χ0n) is 11.2. The fourth-order valence-electron chi connectivity index (χ4n) is 1.88. The van der Waals surface area contributed by atoms with Crippen molar-refractivity contribution in [3.8, 4) is 0 Å². The summed E-state index contributed by atoms with van der Waals surface area (Å²) in [7, 11) is 1.29. The molecule has 0 spiro atoms. The summed E-state index contributed by atoms with van der Waals surface area (Å²) in [6.07, 6.45) is -0.731. The number of morpholine rings is 1. The van der Waals surface area contributed by atoms with Crippen LogP contribution in [0.1, 0.15) is 0 Å². The molecule has 7 heteroatoms. The van der Waals surface area contributed by atoms with E-state index in [1.165, 1.54) is 12.0 Å². The number of nitrogens with zero attached hydrogens (tertiary/aromatic N) is 1. The maximum Gasteiger partial charge on any atom is 0.336 e. The van der Waals surface area contributed by atoms with E-state index in [4.69, 9.17) is 10.5 Å². The predicted octanol–water partition coefficient (Wildman–Crippen LogP) is 0.674. The van der Waals surface area contributed by atoms with E-state index in [1.807, 2.05) is 0 Å². The van der Waals surface area contributed by atoms with Gasteiger partial charge < -0.3 is 25.4 Å². The number of urea groups is 1. The van der Waals surface area contributed by atoms with Gasteiger partial charge in [-0.1, -0.05) is 0 Å². The Labute approximate surface area is 116 Å². The van der Waals surface area contributed by atoms with Crippen LogP contribution in [0.4, 0.5) is 16.2 Å². The number of esters is 1. The lowest BCUT2D eigenvalue weighted by atomic mass is 10.2. The number of amides is 2. The van der Waals surface area contributed by atoms with Gasteiger partial charge in [0.25, 0.3) is 0 Å². The predicted molar refractivity (Wildman–Crippen MR) is 73.2 cm³/mol. The molecule has 1 atom stereocenters. The van der Waals surface area contributed by atoms with Crippen molar-refractivity contribution in [2.45, 2.75) is 6.10 Å². The fraction of sp³-hybridized carbons (Fsp3) is 0.385. The highest BCUT2D eigenvalue weighted by molar-refractivity contribution is 5.90. The van der Waals surface area contributed by atoms with Crippen LogP contribution in [0, 0.1) is 0 Å². The molecule has 20 heavy (non-hydrogen) atoms. The number of nitrogens with two attached hydrogens (primary N) is 1. The van der Waals surface area contributed by atoms with E-state index in [0.717, 1.165) is 0 Å². The molecule has 7 nitrogen and oxygen atoms in total. The van der Waals surface area contributed by atoms with Crippen LogP contribution in [0.3, 0.4) is 0 Å². The quantitative estimate of drug-likeness (QED) is 0.613. The van der Waals surface area contributed by atoms with Gasteiger partial charge >= 0.3 is 12.0 Å². The average molecular weight is 279 g/mol. The van der Waals surface area contributed by atoms with Gasteiger partial charge in [-0.2, -0.15) is 0 Å². The van der Waals surface area contributed by atoms with E-state index >= 15 is 0 Å². The molecule has 0 radical (unpaired) electrons. The Hall–Kier alpha value is -2.28. The molecule has 1 aliphatic rings. The first-order valence-corrected chi connectivity index (χ1v) is 6.21. The minimum atomic E-state index is -0.731. The van der Waals surface area contributed by atoms with Gasteiger partial charge in [0, 0.05) is 17.9 Å². The highest BCUT2D eigenvalue weighted by Gasteiger charge is 2.29. The number of methoxy groups -OCH3 is 1. The van der Waals surface area contributed by atoms with Gasteiger partial charge in [-0.25, -0.2) is 9.59 Å². The number of anilines is 2. The second kappa shape index (κ2) is 6.25. The van der Waals surface area contributed by atoms with Crippen LogP contribution in [-0.4, -0.2) is 49.8 Å². The van der Waals surface area contributed by atoms with Gasteiger partial charge in [-0.3, -0.25) is 0 Å². The summed E-state index contributed by atoms with van der Waals surface area (Å²) in [5.41, 5.74) is 6.84. The van der Waals surface area contributed by atoms with Crippen LogP contribution < -0.4 is 11.1 Å². The molecule has 1 unspecified atom stereocenters. The van der Waals surface area contributed by atoms with Crippen molar-refractivity contribution in [1.29, 1.82) is 0 Å². The van der Waals surface area contributed by atoms with E-state index < -0.39 is 12.1 Å². The van der Waals surface area contributed by atoms with Crippen LogP contribution >= 0.6 is 0 Å². The largest absolute Gasteiger partial charge is 0.467 e. The first-order chi connectivity index (χ1) is 9.60. The molecular weight excluding hydrogens is 262 g/mol. The Balaban J connectivity index is 1.95. The van der Waals surface area contributed by atoms with Crippen molar-refractivity contribution in [2.24, 2.45) is 0 Å². The van der Waals surface area contributed by atoms with Crippen molar-refractivity contribution in [3.63, 3.8) is 0 Å². The molecule has 1 saturated heterocycles. The SMILES string of the molecule is COC(=O)C1CN(C(=O)Nc2ccc(N)cc2)CCO1. The number of nitrogens with one attached hydrogen (secondary N) is 1. The summed E-state index contributed by atoms with van der Waals surface area (Å²) in [4.78, 5) is 25.0. The van der Waals surface area contributed by atoms with Gasteiger partial charge in [-0.15, -0.1) is 0 Å². The zero-order valence-corrected chi connectivity index (χ0v) is 11.2. The molecule has 1 aromatic rings. The Morgan fingerprint density at radius 3 is 2.75 bits per heavy atom. The lowest BCUT2D eigenvalue weighted by Crippen LogP contribution is -2.50. The summed E-state index contributed by atoms with van der Waals surface area (Å²) >= 11 is 0. The van der Waals surface area contributed by atoms with Crippen LogP contribution in [0.5, 0.6) is 0 Å². The topological polar surface area (TPSA) is 93.9 Å². The van der Waals surface area contributed by atoms with Crippen LogP contribution in [0.15, 0.2) is 24.3 Å². The fourth-order valence-corrected chi connectivity index (χ4v) is 1.88. The second-order valence-electron chi connectivity index (χ2n) is 4.38. The molecule has 1 aromatic carbocycles. The van der Waals surface area contributed by atoms with Gasteiger partial charge in [0.1, 0.15) is 0 Å². The minimum Gasteiger partial charge on any atom is -0.467 e. The van der Waals surface area contributed by atoms with Crippen molar-refractivity contribution >= 4 is 23.4 Å². The number of hydrogen-bond donors (Lipinski definition) is 2. The molecule has 3 N–H and O–H groups in total. The van der Waals surface area contributed by atoms with Gasteiger partial charge in [0.2, 0.25) is 0 Å². The Morgan fingerprint density at radius 1 is 1.40 bits per heavy atom. The number of benzene rings is 1. The normalized spacial score (nSPS) is 18.4. The zero-order chi connectivity index (χ0) is 14.5. The Morgan fingerprint density at radius 2 is 2.10 bits per heavy atom. The van der Waals surface area contributed by atoms with Crippen LogP contribution in [-0.2, 0) is 14.3 Å². The molecule has 1 heterocycles. The lowest BCUT2D eigenvalue weighted by Gasteiger charge is -2.31. The number of ether oxygens (including phenoxy) is 2. The summed E-state index contributed by atoms with van der Waals surface area (Å²) < 4.78 is 9.88. The first kappa shape index (κ1) is 14.1. The third-order valence-corrected chi connectivity index (χ3v) is 2.98. The Kier molecular flexibility index (Phi) is 4.41. The lowest BCUT2D eigenvalue weighted by molar-refractivity contribution is -0.158. The molecule has 0 bridgehead atoms. The minimum absolute atomic E-state index is 0.174. The van der Waals surface area contributed by atoms with Crippen LogP contribution in [0.2, 0.25) is 0 Å². The number of carbonyl (C=O) groups is 2. The third kappa shape index (κ3) is 3.39. The molecule has 2 amide bonds. The maximum absolute atomic E-state index is 12.1. The molecule has 0 aliphatic carbocycles. The molecule has 108 valence electrons. The first-order valence-electron chi connectivity index (χ1n) is 6.21. The third-order valence-electron chi connectivity index (χ3n) is 2.98. The average Bonchev–Trinajstić information content (AvgIpc) is 2.49. The van der Waals surface area contributed by atoms with Gasteiger partial charge in [0.15, 0.2) is 6.10 Å². The Bertz CT molecular complexity index is 489. The van der Waals surface area contributed by atoms with Crippen molar-refractivity contribution < 1.29 is 19.1 Å². The standard InChI is InChI=1S/C13H17N3O4/c1-19-12(17)11-8-16(6-7-20-11)13(18)15-10-4-2-9(14)3-5-10/h2-5,11H,6-8,14H2,1H3,(H,15,18).